The number of aryl methyl sites for hydroxylation is 2. The first kappa shape index (κ1) is 33.3. The summed E-state index contributed by atoms with van der Waals surface area (Å²) in [5.41, 5.74) is 6.60. The van der Waals surface area contributed by atoms with Crippen LogP contribution in [0.4, 0.5) is 15.3 Å². The Morgan fingerprint density at radius 1 is 1.09 bits per heavy atom. The number of nitrogens with one attached hydrogen (secondary N) is 1. The van der Waals surface area contributed by atoms with E-state index < -0.39 is 24.1 Å². The molecule has 1 unspecified atom stereocenters. The van der Waals surface area contributed by atoms with Crippen LogP contribution in [0.1, 0.15) is 47.9 Å². The first-order valence-corrected chi connectivity index (χ1v) is 16.0. The molecule has 4 amide bonds. The molecule has 3 aliphatic rings. The van der Waals surface area contributed by atoms with Gasteiger partial charge in [-0.2, -0.15) is 4.99 Å². The fraction of sp³-hybridized carbons (Fsp3) is 0.457. The van der Waals surface area contributed by atoms with Gasteiger partial charge >= 0.3 is 18.1 Å². The minimum atomic E-state index is -1.25. The molecule has 248 valence electrons. The van der Waals surface area contributed by atoms with Crippen LogP contribution in [0.25, 0.3) is 0 Å². The highest BCUT2D eigenvalue weighted by atomic mass is 16.6. The first-order chi connectivity index (χ1) is 22.6. The molecule has 2 N–H and O–H groups in total. The number of benzene rings is 2. The summed E-state index contributed by atoms with van der Waals surface area (Å²) < 4.78 is 10.6. The second-order valence-electron chi connectivity index (χ2n) is 12.2. The van der Waals surface area contributed by atoms with Crippen LogP contribution in [0, 0.1) is 13.8 Å². The predicted octanol–water partition coefficient (Wildman–Crippen LogP) is 4.11. The zero-order valence-electron chi connectivity index (χ0n) is 27.0. The third-order valence-corrected chi connectivity index (χ3v) is 9.02. The maximum atomic E-state index is 13.4. The lowest BCUT2D eigenvalue weighted by molar-refractivity contribution is -0.145. The van der Waals surface area contributed by atoms with Crippen LogP contribution in [0.15, 0.2) is 53.3 Å². The van der Waals surface area contributed by atoms with E-state index in [0.29, 0.717) is 62.1 Å². The lowest BCUT2D eigenvalue weighted by Crippen LogP contribution is -2.50. The summed E-state index contributed by atoms with van der Waals surface area (Å²) >= 11 is 0. The monoisotopic (exact) mass is 643 g/mol. The lowest BCUT2D eigenvalue weighted by atomic mass is 10.0. The first-order valence-electron chi connectivity index (χ1n) is 16.0. The van der Waals surface area contributed by atoms with Crippen molar-refractivity contribution in [2.45, 2.75) is 70.6 Å². The maximum Gasteiger partial charge on any atom is 0.410 e. The Bertz CT molecular complexity index is 1600. The number of esters is 1. The predicted molar refractivity (Wildman–Crippen MR) is 174 cm³/mol. The third-order valence-electron chi connectivity index (χ3n) is 9.02. The van der Waals surface area contributed by atoms with E-state index in [0.717, 1.165) is 24.1 Å². The molecule has 0 saturated carbocycles. The molecule has 5 rings (SSSR count). The van der Waals surface area contributed by atoms with E-state index in [1.165, 1.54) is 13.3 Å². The van der Waals surface area contributed by atoms with Crippen molar-refractivity contribution in [3.05, 3.63) is 70.6 Å². The molecule has 3 aliphatic heterocycles. The van der Waals surface area contributed by atoms with Gasteiger partial charge in [0.2, 0.25) is 0 Å². The fourth-order valence-electron chi connectivity index (χ4n) is 6.46. The Kier molecular flexibility index (Phi) is 10.7. The number of phenols is 1. The van der Waals surface area contributed by atoms with Crippen molar-refractivity contribution in [3.8, 4) is 5.75 Å². The van der Waals surface area contributed by atoms with Crippen molar-refractivity contribution < 1.29 is 33.8 Å². The van der Waals surface area contributed by atoms with Gasteiger partial charge in [-0.25, -0.2) is 14.4 Å². The second kappa shape index (κ2) is 15.0. The topological polar surface area (TPSA) is 141 Å². The van der Waals surface area contributed by atoms with Crippen LogP contribution in [-0.2, 0) is 31.9 Å². The number of aromatic hydroxyl groups is 1. The van der Waals surface area contributed by atoms with Crippen LogP contribution in [0.5, 0.6) is 5.75 Å². The van der Waals surface area contributed by atoms with Gasteiger partial charge in [-0.1, -0.05) is 30.3 Å². The summed E-state index contributed by atoms with van der Waals surface area (Å²) in [6.07, 6.45) is 3.03. The number of hydrogen-bond donors (Lipinski definition) is 2. The lowest BCUT2D eigenvalue weighted by Gasteiger charge is -2.37. The summed E-state index contributed by atoms with van der Waals surface area (Å²) in [6.45, 7) is 5.46. The average Bonchev–Trinajstić information content (AvgIpc) is 3.47. The van der Waals surface area contributed by atoms with Crippen molar-refractivity contribution in [2.75, 3.05) is 38.6 Å². The highest BCUT2D eigenvalue weighted by Gasteiger charge is 2.34. The SMILES string of the molecule is COC(=O)C1CCCN1C=C=C=NC(=O)[C@@H](Cc1cc(C)c(O)c(C)c1)OC(=O)N1CCC(N2CCc3ccccc3NC2=O)CC1. The quantitative estimate of drug-likeness (QED) is 0.261. The molecule has 2 fully saturated rings. The average molecular weight is 644 g/mol. The summed E-state index contributed by atoms with van der Waals surface area (Å²) in [6, 6.07) is 10.7. The molecule has 0 aliphatic carbocycles. The number of phenolic OH excluding ortho intramolecular Hbond substituents is 1. The van der Waals surface area contributed by atoms with Gasteiger partial charge in [0.15, 0.2) is 6.10 Å². The van der Waals surface area contributed by atoms with Gasteiger partial charge in [0.05, 0.1) is 13.3 Å². The number of para-hydroxylation sites is 1. The second-order valence-corrected chi connectivity index (χ2v) is 12.2. The molecule has 0 radical (unpaired) electrons. The summed E-state index contributed by atoms with van der Waals surface area (Å²) in [5.74, 6) is 1.59. The fourth-order valence-corrected chi connectivity index (χ4v) is 6.46. The van der Waals surface area contributed by atoms with E-state index >= 15 is 0 Å². The smallest absolute Gasteiger partial charge is 0.410 e. The van der Waals surface area contributed by atoms with Gasteiger partial charge in [0.1, 0.15) is 11.8 Å². The van der Waals surface area contributed by atoms with E-state index in [1.54, 1.807) is 35.8 Å². The minimum Gasteiger partial charge on any atom is -0.507 e. The van der Waals surface area contributed by atoms with Gasteiger partial charge in [-0.05, 0) is 80.0 Å². The number of hydrogen-bond acceptors (Lipinski definition) is 8. The Morgan fingerprint density at radius 3 is 2.53 bits per heavy atom. The number of ether oxygens (including phenoxy) is 2. The molecule has 3 heterocycles. The van der Waals surface area contributed by atoms with Crippen molar-refractivity contribution in [1.82, 2.24) is 14.7 Å². The number of nitrogens with zero attached hydrogens (tertiary/aromatic N) is 4. The number of aliphatic imine (C=N–C) groups is 1. The Labute approximate surface area is 274 Å². The number of rotatable bonds is 7. The van der Waals surface area contributed by atoms with Crippen LogP contribution < -0.4 is 5.32 Å². The number of carbonyl (C=O) groups excluding carboxylic acids is 4. The largest absolute Gasteiger partial charge is 0.507 e. The summed E-state index contributed by atoms with van der Waals surface area (Å²) in [7, 11) is 1.34. The van der Waals surface area contributed by atoms with Gasteiger partial charge in [-0.15, -0.1) is 0 Å². The zero-order valence-corrected chi connectivity index (χ0v) is 27.0. The number of likely N-dealkylation sites (tertiary alicyclic amines) is 2. The maximum absolute atomic E-state index is 13.4. The summed E-state index contributed by atoms with van der Waals surface area (Å²) in [4.78, 5) is 60.7. The van der Waals surface area contributed by atoms with Gasteiger partial charge < -0.3 is 34.6 Å². The van der Waals surface area contributed by atoms with Crippen LogP contribution >= 0.6 is 0 Å². The van der Waals surface area contributed by atoms with Gasteiger partial charge in [-0.3, -0.25) is 4.79 Å². The van der Waals surface area contributed by atoms with E-state index in [1.807, 2.05) is 29.2 Å². The van der Waals surface area contributed by atoms with Crippen molar-refractivity contribution >= 4 is 35.6 Å². The molecule has 2 aromatic carbocycles. The highest BCUT2D eigenvalue weighted by molar-refractivity contribution is 5.91. The van der Waals surface area contributed by atoms with E-state index in [9.17, 15) is 24.3 Å². The molecule has 12 nitrogen and oxygen atoms in total. The van der Waals surface area contributed by atoms with E-state index in [-0.39, 0.29) is 30.2 Å². The normalized spacial score (nSPS) is 18.6. The number of fused-ring (bicyclic) bond motifs is 1. The number of piperidine rings is 1. The van der Waals surface area contributed by atoms with Gasteiger partial charge in [0, 0.05) is 50.2 Å². The minimum absolute atomic E-state index is 0.0374. The van der Waals surface area contributed by atoms with Crippen LogP contribution in [-0.4, -0.2) is 101 Å². The molecular weight excluding hydrogens is 602 g/mol. The molecule has 0 spiro atoms. The van der Waals surface area contributed by atoms with Crippen LogP contribution in [0.2, 0.25) is 0 Å². The third kappa shape index (κ3) is 8.03. The van der Waals surface area contributed by atoms with Crippen molar-refractivity contribution in [1.29, 1.82) is 0 Å². The van der Waals surface area contributed by atoms with Crippen molar-refractivity contribution in [3.63, 3.8) is 0 Å². The molecule has 0 bridgehead atoms. The molecule has 12 heteroatoms. The number of urea groups is 1. The van der Waals surface area contributed by atoms with Crippen molar-refractivity contribution in [2.24, 2.45) is 4.99 Å². The number of amides is 4. The highest BCUT2D eigenvalue weighted by Crippen LogP contribution is 2.26. The zero-order chi connectivity index (χ0) is 33.5. The molecule has 0 aromatic heterocycles. The Balaban J connectivity index is 1.25. The Hall–Kier alpha value is -5.05. The Morgan fingerprint density at radius 2 is 1.81 bits per heavy atom. The number of methoxy groups -OCH3 is 1. The standard InChI is InChI=1S/C35H41N5O7/c1-23-20-25(21-24(2)31(23)41)22-30(32(42)36-14-7-16-38-15-6-10-29(38)33(43)46-3)47-35(45)39-17-12-27(13-18-39)40-19-11-26-8-4-5-9-28(26)37-34(40)44/h4-5,8-9,16,20-21,27,29-30,41H,6,10-13,15,17-19,22H2,1-3H3,(H,37,44)/t29?,30-/m1/s1. The summed E-state index contributed by atoms with van der Waals surface area (Å²) in [5, 5.41) is 13.2. The van der Waals surface area contributed by atoms with E-state index in [4.69, 9.17) is 9.47 Å². The molecular formula is C35H41N5O7. The number of anilines is 1. The number of carbonyl (C=O) groups is 4. The molecule has 2 aromatic rings. The van der Waals surface area contributed by atoms with E-state index in [2.05, 4.69) is 21.9 Å². The van der Waals surface area contributed by atoms with Gasteiger partial charge in [0.25, 0.3) is 5.91 Å². The molecule has 2 atom stereocenters. The molecule has 2 saturated heterocycles. The molecule has 47 heavy (non-hydrogen) atoms. The van der Waals surface area contributed by atoms with Crippen LogP contribution in [0.3, 0.4) is 0 Å².